The molecule has 10 nitrogen and oxygen atoms in total. The molecule has 0 rings (SSSR count). The maximum atomic E-state index is 8.54. The van der Waals surface area contributed by atoms with Crippen LogP contribution in [0.5, 0.6) is 0 Å². The van der Waals surface area contributed by atoms with E-state index in [4.69, 9.17) is 47.7 Å². The van der Waals surface area contributed by atoms with Crippen molar-refractivity contribution >= 4 is 0 Å². The topological polar surface area (TPSA) is 103 Å². The highest BCUT2D eigenvalue weighted by atomic mass is 16.6. The van der Waals surface area contributed by atoms with E-state index in [-0.39, 0.29) is 12.2 Å². The predicted molar refractivity (Wildman–Crippen MR) is 119 cm³/mol. The Balaban J connectivity index is 3.02. The molecule has 0 aliphatic heterocycles. The van der Waals surface area contributed by atoms with Gasteiger partial charge in [0.25, 0.3) is 0 Å². The summed E-state index contributed by atoms with van der Waals surface area (Å²) in [6.07, 6.45) is 0. The fourth-order valence-electron chi connectivity index (χ4n) is 2.11. The van der Waals surface area contributed by atoms with Crippen molar-refractivity contribution in [2.75, 3.05) is 119 Å². The summed E-state index contributed by atoms with van der Waals surface area (Å²) in [4.78, 5) is 0. The molecular weight excluding hydrogens is 424 g/mol. The van der Waals surface area contributed by atoms with Crippen molar-refractivity contribution in [1.82, 2.24) is 0 Å². The van der Waals surface area contributed by atoms with Gasteiger partial charge in [0.2, 0.25) is 0 Å². The van der Waals surface area contributed by atoms with Crippen molar-refractivity contribution in [2.45, 2.75) is 26.4 Å². The lowest BCUT2D eigenvalue weighted by atomic mass is 10.2. The Morgan fingerprint density at radius 1 is 0.375 bits per heavy atom. The van der Waals surface area contributed by atoms with Crippen molar-refractivity contribution < 1.29 is 47.7 Å². The molecule has 0 fully saturated rings. The van der Waals surface area contributed by atoms with Gasteiger partial charge in [-0.25, -0.2) is 0 Å². The summed E-state index contributed by atoms with van der Waals surface area (Å²) >= 11 is 0. The molecule has 0 aliphatic rings. The number of hydrogen-bond donors (Lipinski definition) is 1. The van der Waals surface area contributed by atoms with Gasteiger partial charge in [-0.1, -0.05) is 0 Å². The zero-order valence-corrected chi connectivity index (χ0v) is 20.3. The lowest BCUT2D eigenvalue weighted by Crippen LogP contribution is -2.22. The first-order chi connectivity index (χ1) is 15.6. The molecule has 0 unspecified atom stereocenters. The number of hydrogen-bond acceptors (Lipinski definition) is 10. The molecule has 0 saturated heterocycles. The van der Waals surface area contributed by atoms with Gasteiger partial charge in [-0.05, 0) is 20.8 Å². The van der Waals surface area contributed by atoms with Crippen LogP contribution >= 0.6 is 0 Å². The molecule has 0 aromatic heterocycles. The molecule has 0 amide bonds. The first-order valence-corrected chi connectivity index (χ1v) is 11.4. The zero-order valence-electron chi connectivity index (χ0n) is 20.3. The summed E-state index contributed by atoms with van der Waals surface area (Å²) in [5.41, 5.74) is -0.127. The molecule has 0 atom stereocenters. The van der Waals surface area contributed by atoms with Crippen LogP contribution < -0.4 is 0 Å². The van der Waals surface area contributed by atoms with Gasteiger partial charge in [0, 0.05) is 0 Å². The fraction of sp³-hybridized carbons (Fsp3) is 1.00. The number of rotatable bonds is 26. The molecule has 1 N–H and O–H groups in total. The van der Waals surface area contributed by atoms with E-state index in [1.165, 1.54) is 0 Å². The fourth-order valence-corrected chi connectivity index (χ4v) is 2.11. The van der Waals surface area contributed by atoms with Crippen LogP contribution in [0.15, 0.2) is 0 Å². The monoisotopic (exact) mass is 470 g/mol. The Bertz CT molecular complexity index is 352. The van der Waals surface area contributed by atoms with Crippen LogP contribution in [0.25, 0.3) is 0 Å². The summed E-state index contributed by atoms with van der Waals surface area (Å²) in [5.74, 6) is 0. The lowest BCUT2D eigenvalue weighted by Gasteiger charge is -2.19. The SMILES string of the molecule is CC(C)(C)OCCOCCOCCOCCOCCOCCOCCOCCOCCO. The van der Waals surface area contributed by atoms with E-state index >= 15 is 0 Å². The molecule has 0 aliphatic carbocycles. The lowest BCUT2D eigenvalue weighted by molar-refractivity contribution is -0.0467. The molecule has 0 saturated carbocycles. The quantitative estimate of drug-likeness (QED) is 0.184. The van der Waals surface area contributed by atoms with Crippen molar-refractivity contribution in [3.05, 3.63) is 0 Å². The maximum Gasteiger partial charge on any atom is 0.0707 e. The van der Waals surface area contributed by atoms with Crippen molar-refractivity contribution in [3.63, 3.8) is 0 Å². The van der Waals surface area contributed by atoms with Gasteiger partial charge in [0.05, 0.1) is 125 Å². The first-order valence-electron chi connectivity index (χ1n) is 11.4. The largest absolute Gasteiger partial charge is 0.394 e. The third kappa shape index (κ3) is 29.6. The molecule has 0 aromatic rings. The number of aliphatic hydroxyl groups is 1. The second-order valence-corrected chi connectivity index (χ2v) is 7.58. The van der Waals surface area contributed by atoms with E-state index in [0.717, 1.165) is 0 Å². The Morgan fingerprint density at radius 2 is 0.594 bits per heavy atom. The van der Waals surface area contributed by atoms with Crippen LogP contribution in [0.4, 0.5) is 0 Å². The second-order valence-electron chi connectivity index (χ2n) is 7.58. The van der Waals surface area contributed by atoms with E-state index in [1.807, 2.05) is 20.8 Å². The van der Waals surface area contributed by atoms with Gasteiger partial charge in [-0.3, -0.25) is 0 Å². The molecule has 0 radical (unpaired) electrons. The molecule has 194 valence electrons. The standard InChI is InChI=1S/C22H46O10/c1-22(2,3)32-21-20-31-19-18-30-17-16-29-15-14-28-13-12-27-11-10-26-9-8-25-7-6-24-5-4-23/h23H,4-21H2,1-3H3. The van der Waals surface area contributed by atoms with Crippen molar-refractivity contribution in [1.29, 1.82) is 0 Å². The third-order valence-corrected chi connectivity index (χ3v) is 3.60. The molecule has 0 spiro atoms. The summed E-state index contributed by atoms with van der Waals surface area (Å²) in [7, 11) is 0. The van der Waals surface area contributed by atoms with E-state index in [0.29, 0.717) is 112 Å². The van der Waals surface area contributed by atoms with Crippen LogP contribution in [-0.4, -0.2) is 130 Å². The van der Waals surface area contributed by atoms with E-state index < -0.39 is 0 Å². The molecule has 32 heavy (non-hydrogen) atoms. The van der Waals surface area contributed by atoms with Gasteiger partial charge in [0.1, 0.15) is 0 Å². The van der Waals surface area contributed by atoms with E-state index in [2.05, 4.69) is 0 Å². The van der Waals surface area contributed by atoms with Crippen LogP contribution in [0.2, 0.25) is 0 Å². The highest BCUT2D eigenvalue weighted by molar-refractivity contribution is 4.57. The first kappa shape index (κ1) is 31.6. The summed E-state index contributed by atoms with van der Waals surface area (Å²) < 4.78 is 48.4. The van der Waals surface area contributed by atoms with Gasteiger partial charge < -0.3 is 47.7 Å². The maximum absolute atomic E-state index is 8.54. The highest BCUT2D eigenvalue weighted by Gasteiger charge is 2.08. The van der Waals surface area contributed by atoms with Gasteiger partial charge in [-0.15, -0.1) is 0 Å². The van der Waals surface area contributed by atoms with E-state index in [9.17, 15) is 0 Å². The van der Waals surface area contributed by atoms with Crippen LogP contribution in [0.1, 0.15) is 20.8 Å². The Morgan fingerprint density at radius 3 is 0.812 bits per heavy atom. The highest BCUT2D eigenvalue weighted by Crippen LogP contribution is 2.05. The summed E-state index contributed by atoms with van der Waals surface area (Å²) in [6, 6.07) is 0. The van der Waals surface area contributed by atoms with Gasteiger partial charge >= 0.3 is 0 Å². The number of aliphatic hydroxyl groups excluding tert-OH is 1. The summed E-state index contributed by atoms with van der Waals surface area (Å²) in [6.45, 7) is 14.9. The second kappa shape index (κ2) is 25.2. The summed E-state index contributed by atoms with van der Waals surface area (Å²) in [5, 5.41) is 8.54. The van der Waals surface area contributed by atoms with Crippen LogP contribution in [0.3, 0.4) is 0 Å². The van der Waals surface area contributed by atoms with Gasteiger partial charge in [-0.2, -0.15) is 0 Å². The van der Waals surface area contributed by atoms with Crippen LogP contribution in [-0.2, 0) is 42.6 Å². The van der Waals surface area contributed by atoms with Crippen LogP contribution in [0, 0.1) is 0 Å². The Kier molecular flexibility index (Phi) is 24.9. The minimum absolute atomic E-state index is 0.0314. The zero-order chi connectivity index (χ0) is 23.6. The average molecular weight is 471 g/mol. The van der Waals surface area contributed by atoms with Crippen molar-refractivity contribution in [2.24, 2.45) is 0 Å². The molecular formula is C22H46O10. The Hall–Kier alpha value is -0.400. The van der Waals surface area contributed by atoms with E-state index in [1.54, 1.807) is 0 Å². The molecule has 0 aromatic carbocycles. The molecule has 10 heteroatoms. The van der Waals surface area contributed by atoms with Gasteiger partial charge in [0.15, 0.2) is 0 Å². The normalized spacial score (nSPS) is 12.0. The van der Waals surface area contributed by atoms with Crippen molar-refractivity contribution in [3.8, 4) is 0 Å². The third-order valence-electron chi connectivity index (χ3n) is 3.60. The minimum atomic E-state index is -0.127. The minimum Gasteiger partial charge on any atom is -0.394 e. The smallest absolute Gasteiger partial charge is 0.0707 e. The average Bonchev–Trinajstić information content (AvgIpc) is 2.75. The predicted octanol–water partition coefficient (Wildman–Crippen LogP) is 0.927. The number of ether oxygens (including phenoxy) is 9. The molecule has 0 heterocycles. The Labute approximate surface area is 193 Å². The molecule has 0 bridgehead atoms.